The average Bonchev–Trinajstić information content (AvgIpc) is 3.23. The van der Waals surface area contributed by atoms with Crippen molar-refractivity contribution in [3.05, 3.63) is 41.9 Å². The number of nitrogens with zero attached hydrogens (tertiary/aromatic N) is 4. The van der Waals surface area contributed by atoms with Gasteiger partial charge in [0.15, 0.2) is 5.16 Å². The number of carbonyl (C=O) groups excluding carboxylic acids is 1. The highest BCUT2D eigenvalue weighted by Gasteiger charge is 2.24. The first-order chi connectivity index (χ1) is 12.1. The van der Waals surface area contributed by atoms with Gasteiger partial charge in [0, 0.05) is 47.7 Å². The molecule has 3 aromatic rings. The Morgan fingerprint density at radius 2 is 2.20 bits per heavy atom. The maximum Gasteiger partial charge on any atom is 0.233 e. The lowest BCUT2D eigenvalue weighted by atomic mass is 10.0. The van der Waals surface area contributed by atoms with Crippen molar-refractivity contribution in [2.24, 2.45) is 0 Å². The van der Waals surface area contributed by atoms with Gasteiger partial charge in [0.25, 0.3) is 0 Å². The van der Waals surface area contributed by atoms with Crippen molar-refractivity contribution < 1.29 is 4.79 Å². The highest BCUT2D eigenvalue weighted by molar-refractivity contribution is 7.99. The lowest BCUT2D eigenvalue weighted by molar-refractivity contribution is -0.129. The normalized spacial score (nSPS) is 14.3. The molecule has 0 radical (unpaired) electrons. The minimum Gasteiger partial charge on any atom is -0.358 e. The maximum atomic E-state index is 12.7. The smallest absolute Gasteiger partial charge is 0.233 e. The Morgan fingerprint density at radius 3 is 3.04 bits per heavy atom. The number of para-hydroxylation sites is 1. The van der Waals surface area contributed by atoms with Gasteiger partial charge in [-0.1, -0.05) is 30.0 Å². The van der Waals surface area contributed by atoms with Gasteiger partial charge in [-0.25, -0.2) is 0 Å². The molecular formula is C18H21N5OS. The molecule has 0 spiro atoms. The summed E-state index contributed by atoms with van der Waals surface area (Å²) in [5, 5.41) is 10.1. The summed E-state index contributed by atoms with van der Waals surface area (Å²) in [6.45, 7) is 5.60. The number of amides is 1. The largest absolute Gasteiger partial charge is 0.358 e. The van der Waals surface area contributed by atoms with E-state index in [9.17, 15) is 4.79 Å². The lowest BCUT2D eigenvalue weighted by Crippen LogP contribution is -2.37. The molecule has 1 amide bonds. The number of rotatable bonds is 4. The van der Waals surface area contributed by atoms with Crippen LogP contribution in [0.5, 0.6) is 0 Å². The van der Waals surface area contributed by atoms with E-state index in [1.54, 1.807) is 6.33 Å². The molecule has 7 heteroatoms. The van der Waals surface area contributed by atoms with E-state index in [0.717, 1.165) is 23.6 Å². The van der Waals surface area contributed by atoms with E-state index in [0.29, 0.717) is 12.3 Å². The number of thioether (sulfide) groups is 1. The zero-order valence-electron chi connectivity index (χ0n) is 14.4. The molecule has 6 nitrogen and oxygen atoms in total. The predicted octanol–water partition coefficient (Wildman–Crippen LogP) is 3.02. The number of fused-ring (bicyclic) bond motifs is 3. The Hall–Kier alpha value is -2.28. The van der Waals surface area contributed by atoms with E-state index >= 15 is 0 Å². The van der Waals surface area contributed by atoms with Crippen LogP contribution < -0.4 is 0 Å². The molecule has 4 rings (SSSR count). The van der Waals surface area contributed by atoms with E-state index in [2.05, 4.69) is 41.2 Å². The van der Waals surface area contributed by atoms with Crippen LogP contribution in [0.25, 0.3) is 10.9 Å². The van der Waals surface area contributed by atoms with Crippen LogP contribution in [0, 0.1) is 0 Å². The molecule has 0 saturated carbocycles. The molecule has 1 aliphatic heterocycles. The van der Waals surface area contributed by atoms with Crippen LogP contribution in [0.1, 0.15) is 31.1 Å². The van der Waals surface area contributed by atoms with Crippen LogP contribution in [0.15, 0.2) is 35.7 Å². The minimum absolute atomic E-state index is 0.152. The summed E-state index contributed by atoms with van der Waals surface area (Å²) in [7, 11) is 0. The van der Waals surface area contributed by atoms with Crippen molar-refractivity contribution in [2.75, 3.05) is 12.3 Å². The third-order valence-corrected chi connectivity index (χ3v) is 5.60. The SMILES string of the molecule is CC(C)n1cnnc1SCC(=O)N1CCc2[nH]c3ccccc3c2C1. The summed E-state index contributed by atoms with van der Waals surface area (Å²) in [4.78, 5) is 18.1. The molecule has 1 N–H and O–H groups in total. The molecule has 0 saturated heterocycles. The predicted molar refractivity (Wildman–Crippen MR) is 98.6 cm³/mol. The number of nitrogens with one attached hydrogen (secondary N) is 1. The van der Waals surface area contributed by atoms with E-state index < -0.39 is 0 Å². The topological polar surface area (TPSA) is 66.8 Å². The Bertz CT molecular complexity index is 913. The zero-order valence-corrected chi connectivity index (χ0v) is 15.2. The van der Waals surface area contributed by atoms with E-state index in [1.165, 1.54) is 28.4 Å². The first-order valence-corrected chi connectivity index (χ1v) is 9.50. The van der Waals surface area contributed by atoms with Gasteiger partial charge < -0.3 is 14.5 Å². The van der Waals surface area contributed by atoms with Crippen LogP contribution in [-0.4, -0.2) is 42.9 Å². The summed E-state index contributed by atoms with van der Waals surface area (Å²) in [6, 6.07) is 8.59. The quantitative estimate of drug-likeness (QED) is 0.731. The first-order valence-electron chi connectivity index (χ1n) is 8.52. The first kappa shape index (κ1) is 16.2. The van der Waals surface area contributed by atoms with Crippen LogP contribution in [0.2, 0.25) is 0 Å². The van der Waals surface area contributed by atoms with Crippen LogP contribution in [-0.2, 0) is 17.8 Å². The van der Waals surface area contributed by atoms with Gasteiger partial charge in [-0.15, -0.1) is 10.2 Å². The Kier molecular flexibility index (Phi) is 4.25. The molecule has 3 heterocycles. The fourth-order valence-corrected chi connectivity index (χ4v) is 4.23. The summed E-state index contributed by atoms with van der Waals surface area (Å²) >= 11 is 1.46. The van der Waals surface area contributed by atoms with Gasteiger partial charge >= 0.3 is 0 Å². The van der Waals surface area contributed by atoms with Gasteiger partial charge in [-0.05, 0) is 19.9 Å². The molecule has 25 heavy (non-hydrogen) atoms. The van der Waals surface area contributed by atoms with Crippen molar-refractivity contribution in [1.82, 2.24) is 24.6 Å². The molecule has 0 atom stereocenters. The maximum absolute atomic E-state index is 12.7. The average molecular weight is 355 g/mol. The molecule has 1 aromatic carbocycles. The van der Waals surface area contributed by atoms with Crippen molar-refractivity contribution >= 4 is 28.6 Å². The zero-order chi connectivity index (χ0) is 17.4. The lowest BCUT2D eigenvalue weighted by Gasteiger charge is -2.27. The molecule has 0 unspecified atom stereocenters. The number of benzene rings is 1. The number of hydrogen-bond acceptors (Lipinski definition) is 4. The van der Waals surface area contributed by atoms with Crippen molar-refractivity contribution in [1.29, 1.82) is 0 Å². The number of carbonyl (C=O) groups is 1. The van der Waals surface area contributed by atoms with Gasteiger partial charge in [-0.3, -0.25) is 4.79 Å². The van der Waals surface area contributed by atoms with Gasteiger partial charge in [0.1, 0.15) is 6.33 Å². The number of H-pyrrole nitrogens is 1. The second kappa shape index (κ2) is 6.55. The molecule has 2 aromatic heterocycles. The van der Waals surface area contributed by atoms with Crippen LogP contribution in [0.4, 0.5) is 0 Å². The number of aromatic amines is 1. The second-order valence-electron chi connectivity index (χ2n) is 6.60. The third-order valence-electron chi connectivity index (χ3n) is 4.66. The van der Waals surface area contributed by atoms with Gasteiger partial charge in [0.05, 0.1) is 5.75 Å². The van der Waals surface area contributed by atoms with Crippen molar-refractivity contribution in [2.45, 2.75) is 38.0 Å². The number of hydrogen-bond donors (Lipinski definition) is 1. The van der Waals surface area contributed by atoms with Crippen molar-refractivity contribution in [3.63, 3.8) is 0 Å². The summed E-state index contributed by atoms with van der Waals surface area (Å²) < 4.78 is 1.99. The third kappa shape index (κ3) is 3.04. The monoisotopic (exact) mass is 355 g/mol. The molecule has 0 fully saturated rings. The molecule has 1 aliphatic rings. The molecule has 0 bridgehead atoms. The minimum atomic E-state index is 0.152. The van der Waals surface area contributed by atoms with E-state index in [1.807, 2.05) is 21.6 Å². The fraction of sp³-hybridized carbons (Fsp3) is 0.389. The fourth-order valence-electron chi connectivity index (χ4n) is 3.29. The van der Waals surface area contributed by atoms with Gasteiger partial charge in [0.2, 0.25) is 5.91 Å². The Balaban J connectivity index is 1.46. The summed E-state index contributed by atoms with van der Waals surface area (Å²) in [5.74, 6) is 0.544. The Labute approximate surface area is 150 Å². The second-order valence-corrected chi connectivity index (χ2v) is 7.54. The molecular weight excluding hydrogens is 334 g/mol. The van der Waals surface area contributed by atoms with Crippen LogP contribution in [0.3, 0.4) is 0 Å². The molecule has 0 aliphatic carbocycles. The van der Waals surface area contributed by atoms with Crippen molar-refractivity contribution in [3.8, 4) is 0 Å². The highest BCUT2D eigenvalue weighted by Crippen LogP contribution is 2.28. The van der Waals surface area contributed by atoms with E-state index in [4.69, 9.17) is 0 Å². The Morgan fingerprint density at radius 1 is 1.36 bits per heavy atom. The summed E-state index contributed by atoms with van der Waals surface area (Å²) in [6.07, 6.45) is 2.60. The van der Waals surface area contributed by atoms with Gasteiger partial charge in [-0.2, -0.15) is 0 Å². The molecule has 130 valence electrons. The van der Waals surface area contributed by atoms with E-state index in [-0.39, 0.29) is 11.9 Å². The summed E-state index contributed by atoms with van der Waals surface area (Å²) in [5.41, 5.74) is 3.67. The standard InChI is InChI=1S/C18H21N5OS/c1-12(2)23-11-19-21-18(23)25-10-17(24)22-8-7-16-14(9-22)13-5-3-4-6-15(13)20-16/h3-6,11-12,20H,7-10H2,1-2H3. The number of aromatic nitrogens is 4. The highest BCUT2D eigenvalue weighted by atomic mass is 32.2. The van der Waals surface area contributed by atoms with Crippen LogP contribution >= 0.6 is 11.8 Å².